The zero-order chi connectivity index (χ0) is 11.1. The molecule has 84 valence electrons. The molecular weight excluding hydrogens is 248 g/mol. The molecule has 0 heterocycles. The topological polar surface area (TPSA) is 0 Å². The molecule has 0 aliphatic rings. The van der Waals surface area contributed by atoms with Crippen LogP contribution in [-0.2, 0) is 4.32 Å². The summed E-state index contributed by atoms with van der Waals surface area (Å²) in [5, 5.41) is 0. The molecule has 0 saturated heterocycles. The van der Waals surface area contributed by atoms with E-state index in [-0.39, 0.29) is 4.32 Å². The van der Waals surface area contributed by atoms with E-state index >= 15 is 0 Å². The highest BCUT2D eigenvalue weighted by Gasteiger charge is 2.21. The quantitative estimate of drug-likeness (QED) is 0.487. The van der Waals surface area contributed by atoms with Crippen LogP contribution < -0.4 is 0 Å². The van der Waals surface area contributed by atoms with E-state index in [1.165, 1.54) is 37.7 Å². The van der Waals surface area contributed by atoms with Crippen molar-refractivity contribution in [2.45, 2.75) is 50.3 Å². The molecule has 0 bridgehead atoms. The lowest BCUT2D eigenvalue weighted by Crippen LogP contribution is -2.12. The van der Waals surface area contributed by atoms with Crippen molar-refractivity contribution in [1.82, 2.24) is 0 Å². The summed E-state index contributed by atoms with van der Waals surface area (Å²) in [4.78, 5) is 0. The van der Waals surface area contributed by atoms with Crippen LogP contribution in [0.1, 0.15) is 51.5 Å². The Morgan fingerprint density at radius 2 is 1.73 bits per heavy atom. The maximum atomic E-state index is 3.84. The van der Waals surface area contributed by atoms with Crippen molar-refractivity contribution in [1.29, 1.82) is 0 Å². The van der Waals surface area contributed by atoms with Crippen molar-refractivity contribution in [3.8, 4) is 0 Å². The van der Waals surface area contributed by atoms with Gasteiger partial charge in [-0.15, -0.1) is 0 Å². The second-order valence-electron chi connectivity index (χ2n) is 4.37. The molecule has 0 spiro atoms. The van der Waals surface area contributed by atoms with Gasteiger partial charge in [-0.1, -0.05) is 78.9 Å². The van der Waals surface area contributed by atoms with Gasteiger partial charge < -0.3 is 0 Å². The smallest absolute Gasteiger partial charge is 0.0477 e. The highest BCUT2D eigenvalue weighted by Crippen LogP contribution is 2.35. The molecule has 1 rings (SSSR count). The summed E-state index contributed by atoms with van der Waals surface area (Å²) in [5.74, 6) is 0. The average molecular weight is 269 g/mol. The van der Waals surface area contributed by atoms with Gasteiger partial charge in [-0.2, -0.15) is 0 Å². The number of rotatable bonds is 6. The molecule has 0 radical (unpaired) electrons. The molecule has 15 heavy (non-hydrogen) atoms. The highest BCUT2D eigenvalue weighted by atomic mass is 79.9. The summed E-state index contributed by atoms with van der Waals surface area (Å²) >= 11 is 3.84. The van der Waals surface area contributed by atoms with Gasteiger partial charge in [-0.05, 0) is 18.9 Å². The fourth-order valence-corrected chi connectivity index (χ4v) is 2.36. The maximum Gasteiger partial charge on any atom is 0.0477 e. The van der Waals surface area contributed by atoms with Gasteiger partial charge in [-0.3, -0.25) is 0 Å². The molecule has 1 aromatic rings. The Hall–Kier alpha value is -0.300. The van der Waals surface area contributed by atoms with Crippen LogP contribution in [0.3, 0.4) is 0 Å². The molecule has 0 unspecified atom stereocenters. The molecule has 0 aliphatic heterocycles. The average Bonchev–Trinajstić information content (AvgIpc) is 2.26. The van der Waals surface area contributed by atoms with E-state index in [9.17, 15) is 0 Å². The van der Waals surface area contributed by atoms with Gasteiger partial charge in [-0.25, -0.2) is 0 Å². The van der Waals surface area contributed by atoms with Crippen LogP contribution in [0.5, 0.6) is 0 Å². The van der Waals surface area contributed by atoms with Crippen LogP contribution in [0.25, 0.3) is 0 Å². The van der Waals surface area contributed by atoms with E-state index in [4.69, 9.17) is 0 Å². The summed E-state index contributed by atoms with van der Waals surface area (Å²) in [6.07, 6.45) is 6.55. The fraction of sp³-hybridized carbons (Fsp3) is 0.571. The normalized spacial score (nSPS) is 14.9. The van der Waals surface area contributed by atoms with Crippen LogP contribution in [-0.4, -0.2) is 0 Å². The van der Waals surface area contributed by atoms with Gasteiger partial charge in [0.1, 0.15) is 0 Å². The second-order valence-corrected chi connectivity index (χ2v) is 6.12. The largest absolute Gasteiger partial charge is 0.0804 e. The Morgan fingerprint density at radius 1 is 1.07 bits per heavy atom. The van der Waals surface area contributed by atoms with Crippen LogP contribution >= 0.6 is 15.9 Å². The minimum atomic E-state index is 0.155. The van der Waals surface area contributed by atoms with Gasteiger partial charge in [0, 0.05) is 4.32 Å². The maximum absolute atomic E-state index is 3.84. The highest BCUT2D eigenvalue weighted by molar-refractivity contribution is 9.09. The van der Waals surface area contributed by atoms with E-state index in [1.54, 1.807) is 0 Å². The first-order valence-electron chi connectivity index (χ1n) is 5.91. The first-order valence-corrected chi connectivity index (χ1v) is 6.70. The summed E-state index contributed by atoms with van der Waals surface area (Å²) in [7, 11) is 0. The Morgan fingerprint density at radius 3 is 2.33 bits per heavy atom. The lowest BCUT2D eigenvalue weighted by Gasteiger charge is -2.23. The Kier molecular flexibility index (Phi) is 5.38. The van der Waals surface area contributed by atoms with E-state index in [0.29, 0.717) is 0 Å². The van der Waals surface area contributed by atoms with Gasteiger partial charge >= 0.3 is 0 Å². The zero-order valence-corrected chi connectivity index (χ0v) is 11.4. The molecule has 0 fully saturated rings. The number of benzene rings is 1. The number of halogens is 1. The van der Waals surface area contributed by atoms with Gasteiger partial charge in [0.2, 0.25) is 0 Å². The predicted molar refractivity (Wildman–Crippen MR) is 71.5 cm³/mol. The van der Waals surface area contributed by atoms with Crippen molar-refractivity contribution in [3.05, 3.63) is 35.9 Å². The van der Waals surface area contributed by atoms with Gasteiger partial charge in [0.15, 0.2) is 0 Å². The first-order chi connectivity index (χ1) is 7.17. The van der Waals surface area contributed by atoms with Crippen molar-refractivity contribution in [2.75, 3.05) is 0 Å². The molecule has 0 aromatic heterocycles. The molecule has 1 heteroatoms. The molecule has 0 amide bonds. The third-order valence-corrected chi connectivity index (χ3v) is 3.73. The minimum absolute atomic E-state index is 0.155. The zero-order valence-electron chi connectivity index (χ0n) is 9.80. The fourth-order valence-electron chi connectivity index (χ4n) is 1.81. The standard InChI is InChI=1S/C14H21Br/c1-3-4-5-9-12-14(2,15)13-10-7-6-8-11-13/h6-8,10-11H,3-5,9,12H2,1-2H3/t14-/m1/s1. The molecule has 1 aromatic carbocycles. The van der Waals surface area contributed by atoms with E-state index in [2.05, 4.69) is 60.1 Å². The van der Waals surface area contributed by atoms with Crippen LogP contribution in [0.4, 0.5) is 0 Å². The molecule has 0 N–H and O–H groups in total. The molecule has 0 nitrogen and oxygen atoms in total. The molecule has 0 saturated carbocycles. The Balaban J connectivity index is 2.45. The Bertz CT molecular complexity index is 264. The number of unbranched alkanes of at least 4 members (excludes halogenated alkanes) is 3. The molecule has 0 aliphatic carbocycles. The lowest BCUT2D eigenvalue weighted by molar-refractivity contribution is 0.555. The van der Waals surface area contributed by atoms with Crippen molar-refractivity contribution < 1.29 is 0 Å². The Labute approximate surface area is 102 Å². The second kappa shape index (κ2) is 6.32. The minimum Gasteiger partial charge on any atom is -0.0804 e. The van der Waals surface area contributed by atoms with E-state index in [0.717, 1.165) is 0 Å². The van der Waals surface area contributed by atoms with E-state index in [1.807, 2.05) is 0 Å². The summed E-state index contributed by atoms with van der Waals surface area (Å²) in [6.45, 7) is 4.53. The molecular formula is C14H21Br. The van der Waals surface area contributed by atoms with Gasteiger partial charge in [0.05, 0.1) is 0 Å². The first kappa shape index (κ1) is 12.8. The summed E-state index contributed by atoms with van der Waals surface area (Å²) in [5.41, 5.74) is 1.39. The van der Waals surface area contributed by atoms with Gasteiger partial charge in [0.25, 0.3) is 0 Å². The number of hydrogen-bond acceptors (Lipinski definition) is 0. The SMILES string of the molecule is CCCCCC[C@@](C)(Br)c1ccccc1. The number of alkyl halides is 1. The van der Waals surface area contributed by atoms with Crippen LogP contribution in [0.15, 0.2) is 30.3 Å². The summed E-state index contributed by atoms with van der Waals surface area (Å²) < 4.78 is 0.155. The monoisotopic (exact) mass is 268 g/mol. The number of hydrogen-bond donors (Lipinski definition) is 0. The molecule has 1 atom stereocenters. The van der Waals surface area contributed by atoms with E-state index < -0.39 is 0 Å². The van der Waals surface area contributed by atoms with Crippen molar-refractivity contribution in [2.24, 2.45) is 0 Å². The van der Waals surface area contributed by atoms with Crippen LogP contribution in [0, 0.1) is 0 Å². The third kappa shape index (κ3) is 4.38. The van der Waals surface area contributed by atoms with Crippen molar-refractivity contribution in [3.63, 3.8) is 0 Å². The third-order valence-electron chi connectivity index (χ3n) is 2.88. The summed E-state index contributed by atoms with van der Waals surface area (Å²) in [6, 6.07) is 10.7. The van der Waals surface area contributed by atoms with Crippen LogP contribution in [0.2, 0.25) is 0 Å². The lowest BCUT2D eigenvalue weighted by atomic mass is 9.95. The predicted octanol–water partition coefficient (Wildman–Crippen LogP) is 5.27. The van der Waals surface area contributed by atoms with Crippen molar-refractivity contribution >= 4 is 15.9 Å².